The molecule has 1 fully saturated rings. The fraction of sp³-hybridized carbons (Fsp3) is 0.200. The molecule has 6 N–H and O–H groups in total. The molecule has 0 radical (unpaired) electrons. The predicted molar refractivity (Wildman–Crippen MR) is 138 cm³/mol. The summed E-state index contributed by atoms with van der Waals surface area (Å²) in [6.45, 7) is 0. The summed E-state index contributed by atoms with van der Waals surface area (Å²) < 4.78 is 26.1. The van der Waals surface area contributed by atoms with E-state index in [-0.39, 0.29) is 34.5 Å². The van der Waals surface area contributed by atoms with Crippen molar-refractivity contribution in [2.45, 2.75) is 36.6 Å². The highest BCUT2D eigenvalue weighted by atomic mass is 16.6. The molecule has 40 heavy (non-hydrogen) atoms. The van der Waals surface area contributed by atoms with Gasteiger partial charge in [0.15, 0.2) is 35.2 Å². The Balaban J connectivity index is 1.37. The van der Waals surface area contributed by atoms with E-state index < -0.39 is 36.6 Å². The molecule has 1 saturated heterocycles. The van der Waals surface area contributed by atoms with Gasteiger partial charge in [0.25, 0.3) is 0 Å². The lowest BCUT2D eigenvalue weighted by Gasteiger charge is -2.51. The predicted octanol–water partition coefficient (Wildman–Crippen LogP) is 4.75. The van der Waals surface area contributed by atoms with Gasteiger partial charge in [-0.2, -0.15) is 0 Å². The second-order valence-electron chi connectivity index (χ2n) is 10.1. The summed E-state index contributed by atoms with van der Waals surface area (Å²) in [5.41, 5.74) is 2.28. The van der Waals surface area contributed by atoms with Gasteiger partial charge in [-0.25, -0.2) is 0 Å². The Morgan fingerprint density at radius 1 is 0.425 bits per heavy atom. The Labute approximate surface area is 227 Å². The van der Waals surface area contributed by atoms with E-state index in [1.165, 1.54) is 48.5 Å². The van der Waals surface area contributed by atoms with Crippen LogP contribution in [0.1, 0.15) is 46.7 Å². The number of aromatic hydroxyl groups is 6. The Hall–Kier alpha value is -4.80. The van der Waals surface area contributed by atoms with Gasteiger partial charge in [0.05, 0.1) is 0 Å². The minimum Gasteiger partial charge on any atom is -0.508 e. The lowest BCUT2D eigenvalue weighted by atomic mass is 9.86. The first-order valence-electron chi connectivity index (χ1n) is 12.6. The molecule has 4 aromatic rings. The van der Waals surface area contributed by atoms with Crippen LogP contribution >= 0.6 is 0 Å². The van der Waals surface area contributed by atoms with E-state index in [0.717, 1.165) is 0 Å². The van der Waals surface area contributed by atoms with Crippen LogP contribution in [0.5, 0.6) is 46.0 Å². The number of rotatable bonds is 2. The van der Waals surface area contributed by atoms with Crippen LogP contribution in [0.2, 0.25) is 0 Å². The van der Waals surface area contributed by atoms with Crippen LogP contribution in [0, 0.1) is 0 Å². The topological polar surface area (TPSA) is 158 Å². The number of hydrogen-bond donors (Lipinski definition) is 6. The highest BCUT2D eigenvalue weighted by molar-refractivity contribution is 5.50. The molecule has 4 aromatic carbocycles. The van der Waals surface area contributed by atoms with Gasteiger partial charge < -0.3 is 49.6 Å². The fourth-order valence-corrected chi connectivity index (χ4v) is 5.68. The minimum atomic E-state index is -0.800. The van der Waals surface area contributed by atoms with E-state index in [9.17, 15) is 30.6 Å². The van der Waals surface area contributed by atoms with Crippen molar-refractivity contribution in [3.05, 3.63) is 95.1 Å². The van der Waals surface area contributed by atoms with Crippen LogP contribution in [0.4, 0.5) is 0 Å². The molecule has 3 aliphatic rings. The summed E-state index contributed by atoms with van der Waals surface area (Å²) >= 11 is 0. The monoisotopic (exact) mass is 544 g/mol. The molecule has 3 aliphatic heterocycles. The quantitative estimate of drug-likeness (QED) is 0.194. The van der Waals surface area contributed by atoms with Crippen LogP contribution in [0.15, 0.2) is 72.8 Å². The van der Waals surface area contributed by atoms with E-state index in [1.54, 1.807) is 24.3 Å². The van der Waals surface area contributed by atoms with Crippen molar-refractivity contribution >= 4 is 0 Å². The third-order valence-corrected chi connectivity index (χ3v) is 7.57. The molecular formula is C30H24O10. The molecule has 7 rings (SSSR count). The summed E-state index contributed by atoms with van der Waals surface area (Å²) in [4.78, 5) is 0. The van der Waals surface area contributed by atoms with Crippen molar-refractivity contribution in [1.82, 2.24) is 0 Å². The lowest BCUT2D eigenvalue weighted by Crippen LogP contribution is -2.50. The van der Waals surface area contributed by atoms with E-state index in [4.69, 9.17) is 18.9 Å². The molecule has 0 aliphatic carbocycles. The van der Waals surface area contributed by atoms with E-state index >= 15 is 0 Å². The average molecular weight is 545 g/mol. The van der Waals surface area contributed by atoms with Gasteiger partial charge in [0.1, 0.15) is 47.4 Å². The normalized spacial score (nSPS) is 26.3. The Morgan fingerprint density at radius 2 is 0.850 bits per heavy atom. The molecule has 10 nitrogen and oxygen atoms in total. The molecule has 0 saturated carbocycles. The highest BCUT2D eigenvalue weighted by Crippen LogP contribution is 2.56. The van der Waals surface area contributed by atoms with E-state index in [0.29, 0.717) is 33.8 Å². The lowest BCUT2D eigenvalue weighted by molar-refractivity contribution is -0.277. The zero-order chi connectivity index (χ0) is 27.7. The van der Waals surface area contributed by atoms with E-state index in [1.807, 2.05) is 0 Å². The molecule has 3 heterocycles. The Morgan fingerprint density at radius 3 is 1.25 bits per heavy atom. The first kappa shape index (κ1) is 24.3. The van der Waals surface area contributed by atoms with Crippen LogP contribution in [0.25, 0.3) is 0 Å². The smallest absolute Gasteiger partial charge is 0.157 e. The highest BCUT2D eigenvalue weighted by Gasteiger charge is 2.53. The van der Waals surface area contributed by atoms with Crippen molar-refractivity contribution in [3.63, 3.8) is 0 Å². The van der Waals surface area contributed by atoms with Gasteiger partial charge in [0, 0.05) is 23.3 Å². The van der Waals surface area contributed by atoms with E-state index in [2.05, 4.69) is 0 Å². The Kier molecular flexibility index (Phi) is 5.38. The third kappa shape index (κ3) is 3.80. The summed E-state index contributed by atoms with van der Waals surface area (Å²) in [6, 6.07) is 18.1. The molecular weight excluding hydrogens is 520 g/mol. The summed E-state index contributed by atoms with van der Waals surface area (Å²) in [5, 5.41) is 60.5. The van der Waals surface area contributed by atoms with Crippen molar-refractivity contribution in [2.24, 2.45) is 0 Å². The largest absolute Gasteiger partial charge is 0.508 e. The maximum atomic E-state index is 10.2. The van der Waals surface area contributed by atoms with Gasteiger partial charge in [-0.3, -0.25) is 0 Å². The molecule has 0 amide bonds. The number of benzene rings is 4. The van der Waals surface area contributed by atoms with Crippen LogP contribution in [-0.2, 0) is 9.47 Å². The second-order valence-corrected chi connectivity index (χ2v) is 10.1. The SMILES string of the molecule is Oc1ccc2c(c1)OC(c1ccc(O)c(O)c1)C1OC3c4ccc(O)cc4OC(c4ccc(O)c(O)c4)C3OC21. The van der Waals surface area contributed by atoms with Crippen LogP contribution < -0.4 is 9.47 Å². The number of ether oxygens (including phenoxy) is 4. The second kappa shape index (κ2) is 8.87. The number of phenolic OH excluding ortho intramolecular Hbond substituents is 6. The number of fused-ring (bicyclic) bond motifs is 6. The molecule has 10 heteroatoms. The number of phenols is 6. The van der Waals surface area contributed by atoms with Crippen molar-refractivity contribution in [3.8, 4) is 46.0 Å². The molecule has 0 aromatic heterocycles. The average Bonchev–Trinajstić information content (AvgIpc) is 2.94. The summed E-state index contributed by atoms with van der Waals surface area (Å²) in [5.74, 6) is -0.511. The molecule has 204 valence electrons. The van der Waals surface area contributed by atoms with Gasteiger partial charge in [-0.15, -0.1) is 0 Å². The van der Waals surface area contributed by atoms with Gasteiger partial charge in [0.2, 0.25) is 0 Å². The van der Waals surface area contributed by atoms with Gasteiger partial charge in [-0.1, -0.05) is 12.1 Å². The standard InChI is InChI=1S/C30H24O10/c31-15-3-5-17-23(11-15)37-25(13-1-7-19(33)21(35)9-13)29-27(17)40-30-26(14-2-8-20(34)22(36)10-14)38-24-12-16(32)4-6-18(24)28(30)39-29/h1-12,25-36H. The summed E-state index contributed by atoms with van der Waals surface area (Å²) in [6.07, 6.45) is -4.49. The molecule has 0 bridgehead atoms. The first-order chi connectivity index (χ1) is 19.3. The zero-order valence-corrected chi connectivity index (χ0v) is 20.7. The third-order valence-electron chi connectivity index (χ3n) is 7.57. The molecule has 6 atom stereocenters. The van der Waals surface area contributed by atoms with Crippen molar-refractivity contribution < 1.29 is 49.6 Å². The molecule has 6 unspecified atom stereocenters. The fourth-order valence-electron chi connectivity index (χ4n) is 5.68. The maximum absolute atomic E-state index is 10.2. The van der Waals surface area contributed by atoms with Crippen molar-refractivity contribution in [2.75, 3.05) is 0 Å². The van der Waals surface area contributed by atoms with Crippen LogP contribution in [0.3, 0.4) is 0 Å². The summed E-state index contributed by atoms with van der Waals surface area (Å²) in [7, 11) is 0. The van der Waals surface area contributed by atoms with Crippen LogP contribution in [-0.4, -0.2) is 42.8 Å². The number of hydrogen-bond acceptors (Lipinski definition) is 10. The minimum absolute atomic E-state index is 0.00807. The zero-order valence-electron chi connectivity index (χ0n) is 20.7. The van der Waals surface area contributed by atoms with Gasteiger partial charge in [-0.05, 0) is 59.7 Å². The Bertz CT molecular complexity index is 1510. The van der Waals surface area contributed by atoms with Crippen molar-refractivity contribution in [1.29, 1.82) is 0 Å². The maximum Gasteiger partial charge on any atom is 0.157 e. The molecule has 0 spiro atoms. The first-order valence-corrected chi connectivity index (χ1v) is 12.6. The van der Waals surface area contributed by atoms with Gasteiger partial charge >= 0.3 is 0 Å².